The molecule has 1 aromatic heterocycles. The van der Waals surface area contributed by atoms with E-state index in [1.807, 2.05) is 35.6 Å². The number of rotatable bonds is 11. The molecular weight excluding hydrogens is 719 g/mol. The van der Waals surface area contributed by atoms with Crippen LogP contribution in [0, 0.1) is 11.3 Å². The van der Waals surface area contributed by atoms with Crippen LogP contribution in [-0.4, -0.2) is 89.4 Å². The number of nitrogens with one attached hydrogen (secondary N) is 3. The fraction of sp³-hybridized carbons (Fsp3) is 0.475. The second kappa shape index (κ2) is 15.4. The van der Waals surface area contributed by atoms with Gasteiger partial charge in [0.25, 0.3) is 0 Å². The molecule has 12 nitrogen and oxygen atoms in total. The molecule has 0 radical (unpaired) electrons. The van der Waals surface area contributed by atoms with Crippen molar-refractivity contribution in [2.24, 2.45) is 11.3 Å². The number of carbonyl (C=O) groups excluding carboxylic acids is 4. The minimum atomic E-state index is -4.68. The molecular formula is C40H48F3N5O7. The number of fused-ring (bicyclic) bond motifs is 1. The lowest BCUT2D eigenvalue weighted by Crippen LogP contribution is -2.60. The van der Waals surface area contributed by atoms with Gasteiger partial charge in [0, 0.05) is 35.4 Å². The number of hydrogen-bond donors (Lipinski definition) is 3. The SMILES string of the molecule is C=C[C@@H]1C[C@]1(NC(=O)[C@@H]1C[C@@H](Oc2cc(-c3ccccc3)nc3cc(OC)ccc23)CN1C(=O)[C@@H](NC(=O)OC(C)(C)C)C(C)(C)C)C(=O)NCC(F)(F)F. The van der Waals surface area contributed by atoms with Crippen molar-refractivity contribution in [1.82, 2.24) is 25.8 Å². The Labute approximate surface area is 318 Å². The van der Waals surface area contributed by atoms with E-state index in [2.05, 4.69) is 17.2 Å². The van der Waals surface area contributed by atoms with Crippen LogP contribution >= 0.6 is 0 Å². The number of aromatic nitrogens is 1. The zero-order valence-corrected chi connectivity index (χ0v) is 32.0. The minimum absolute atomic E-state index is 0.0199. The lowest BCUT2D eigenvalue weighted by molar-refractivity contribution is -0.144. The highest BCUT2D eigenvalue weighted by Gasteiger charge is 2.61. The van der Waals surface area contributed by atoms with Gasteiger partial charge in [0.2, 0.25) is 17.7 Å². The molecule has 2 fully saturated rings. The molecule has 2 aliphatic rings. The summed E-state index contributed by atoms with van der Waals surface area (Å²) in [5, 5.41) is 7.85. The largest absolute Gasteiger partial charge is 0.497 e. The standard InChI is InChI=1S/C40H48F3N5O7/c1-9-24-20-39(24,35(51)44-22-40(41,42)43)47-33(49)30-18-26(21-48(30)34(50)32(37(2,3)4)46-36(52)55-38(5,6)7)54-31-19-28(23-13-11-10-12-14-23)45-29-17-25(53-8)15-16-27(29)31/h9-17,19,24,26,30,32H,1,18,20-22H2,2-8H3,(H,44,51)(H,46,52)(H,47,49)/t24-,26-,30+,32-,39-/m1/s1. The molecule has 55 heavy (non-hydrogen) atoms. The van der Waals surface area contributed by atoms with Crippen LogP contribution in [0.25, 0.3) is 22.2 Å². The molecule has 0 bridgehead atoms. The molecule has 0 unspecified atom stereocenters. The van der Waals surface area contributed by atoms with Gasteiger partial charge in [-0.3, -0.25) is 14.4 Å². The number of carbonyl (C=O) groups is 4. The number of alkyl halides is 3. The smallest absolute Gasteiger partial charge is 0.408 e. The second-order valence-electron chi connectivity index (χ2n) is 16.0. The maximum Gasteiger partial charge on any atom is 0.408 e. The number of nitrogens with zero attached hydrogens (tertiary/aromatic N) is 2. The van der Waals surface area contributed by atoms with Crippen molar-refractivity contribution < 1.29 is 46.6 Å². The van der Waals surface area contributed by atoms with Crippen LogP contribution in [0.3, 0.4) is 0 Å². The summed E-state index contributed by atoms with van der Waals surface area (Å²) in [4.78, 5) is 61.1. The quantitative estimate of drug-likeness (QED) is 0.203. The highest BCUT2D eigenvalue weighted by atomic mass is 19.4. The molecule has 3 N–H and O–H groups in total. The fourth-order valence-electron chi connectivity index (χ4n) is 6.63. The van der Waals surface area contributed by atoms with Crippen molar-refractivity contribution in [2.45, 2.75) is 89.9 Å². The van der Waals surface area contributed by atoms with Gasteiger partial charge in [-0.05, 0) is 44.7 Å². The molecule has 3 aromatic rings. The van der Waals surface area contributed by atoms with Gasteiger partial charge in [-0.25, -0.2) is 9.78 Å². The van der Waals surface area contributed by atoms with E-state index in [0.717, 1.165) is 5.56 Å². The van der Waals surface area contributed by atoms with Crippen molar-refractivity contribution in [2.75, 3.05) is 20.2 Å². The van der Waals surface area contributed by atoms with E-state index in [1.54, 1.807) is 72.9 Å². The summed E-state index contributed by atoms with van der Waals surface area (Å²) in [5.74, 6) is -2.06. The van der Waals surface area contributed by atoms with Crippen LogP contribution in [0.15, 0.2) is 67.3 Å². The summed E-state index contributed by atoms with van der Waals surface area (Å²) in [6.45, 7) is 12.3. The zero-order valence-electron chi connectivity index (χ0n) is 32.0. The van der Waals surface area contributed by atoms with Gasteiger partial charge in [0.05, 0.1) is 24.9 Å². The van der Waals surface area contributed by atoms with Crippen LogP contribution in [0.1, 0.15) is 54.4 Å². The molecule has 4 amide bonds. The van der Waals surface area contributed by atoms with Crippen molar-refractivity contribution in [3.8, 4) is 22.8 Å². The average Bonchev–Trinajstić information content (AvgIpc) is 3.66. The van der Waals surface area contributed by atoms with Gasteiger partial charge >= 0.3 is 12.3 Å². The first-order valence-corrected chi connectivity index (χ1v) is 17.9. The van der Waals surface area contributed by atoms with Crippen LogP contribution in [-0.2, 0) is 19.1 Å². The minimum Gasteiger partial charge on any atom is -0.497 e. The molecule has 2 heterocycles. The van der Waals surface area contributed by atoms with Crippen molar-refractivity contribution in [3.63, 3.8) is 0 Å². The van der Waals surface area contributed by atoms with E-state index in [1.165, 1.54) is 11.0 Å². The highest BCUT2D eigenvalue weighted by Crippen LogP contribution is 2.45. The first-order valence-electron chi connectivity index (χ1n) is 17.9. The number of ether oxygens (including phenoxy) is 3. The summed E-state index contributed by atoms with van der Waals surface area (Å²) in [6.07, 6.45) is -4.95. The zero-order chi connectivity index (χ0) is 40.5. The Kier molecular flexibility index (Phi) is 11.5. The molecule has 1 saturated heterocycles. The lowest BCUT2D eigenvalue weighted by Gasteiger charge is -2.36. The monoisotopic (exact) mass is 767 g/mol. The van der Waals surface area contributed by atoms with Crippen LogP contribution in [0.5, 0.6) is 11.5 Å². The van der Waals surface area contributed by atoms with E-state index in [0.29, 0.717) is 28.1 Å². The van der Waals surface area contributed by atoms with Gasteiger partial charge in [0.15, 0.2) is 0 Å². The number of halogens is 3. The average molecular weight is 768 g/mol. The maximum atomic E-state index is 14.6. The normalized spacial score (nSPS) is 21.6. The number of pyridine rings is 1. The third-order valence-electron chi connectivity index (χ3n) is 9.46. The van der Waals surface area contributed by atoms with E-state index >= 15 is 0 Å². The van der Waals surface area contributed by atoms with E-state index in [4.69, 9.17) is 19.2 Å². The van der Waals surface area contributed by atoms with Crippen molar-refractivity contribution in [1.29, 1.82) is 0 Å². The number of benzene rings is 2. The van der Waals surface area contributed by atoms with Gasteiger partial charge in [-0.15, -0.1) is 6.58 Å². The molecule has 0 spiro atoms. The van der Waals surface area contributed by atoms with Gasteiger partial charge in [-0.1, -0.05) is 57.2 Å². The van der Waals surface area contributed by atoms with Crippen LogP contribution in [0.4, 0.5) is 18.0 Å². The Balaban J connectivity index is 1.51. The van der Waals surface area contributed by atoms with Crippen LogP contribution < -0.4 is 25.4 Å². The molecule has 5 rings (SSSR count). The van der Waals surface area contributed by atoms with Crippen molar-refractivity contribution in [3.05, 3.63) is 67.3 Å². The van der Waals surface area contributed by atoms with Crippen LogP contribution in [0.2, 0.25) is 0 Å². The van der Waals surface area contributed by atoms with Gasteiger partial charge in [0.1, 0.15) is 47.4 Å². The number of methoxy groups -OCH3 is 1. The van der Waals surface area contributed by atoms with Gasteiger partial charge in [-0.2, -0.15) is 13.2 Å². The number of likely N-dealkylation sites (tertiary alicyclic amines) is 1. The number of amides is 4. The summed E-state index contributed by atoms with van der Waals surface area (Å²) < 4.78 is 56.7. The second-order valence-corrected chi connectivity index (χ2v) is 16.0. The Morgan fingerprint density at radius 2 is 1.73 bits per heavy atom. The molecule has 296 valence electrons. The highest BCUT2D eigenvalue weighted by molar-refractivity contribution is 5.98. The maximum absolute atomic E-state index is 14.6. The summed E-state index contributed by atoms with van der Waals surface area (Å²) >= 11 is 0. The Bertz CT molecular complexity index is 1940. The topological polar surface area (TPSA) is 148 Å². The molecule has 1 saturated carbocycles. The third kappa shape index (κ3) is 9.67. The lowest BCUT2D eigenvalue weighted by atomic mass is 9.85. The van der Waals surface area contributed by atoms with E-state index in [-0.39, 0.29) is 19.4 Å². The predicted molar refractivity (Wildman–Crippen MR) is 199 cm³/mol. The van der Waals surface area contributed by atoms with Gasteiger partial charge < -0.3 is 35.1 Å². The number of hydrogen-bond acceptors (Lipinski definition) is 8. The van der Waals surface area contributed by atoms with E-state index < -0.39 is 77.2 Å². The first-order chi connectivity index (χ1) is 25.6. The molecule has 1 aliphatic heterocycles. The molecule has 1 aliphatic carbocycles. The van der Waals surface area contributed by atoms with Crippen molar-refractivity contribution >= 4 is 34.7 Å². The fourth-order valence-corrected chi connectivity index (χ4v) is 6.63. The predicted octanol–water partition coefficient (Wildman–Crippen LogP) is 5.94. The summed E-state index contributed by atoms with van der Waals surface area (Å²) in [7, 11) is 1.54. The Morgan fingerprint density at radius 3 is 2.31 bits per heavy atom. The third-order valence-corrected chi connectivity index (χ3v) is 9.46. The first kappa shape index (κ1) is 40.8. The Hall–Kier alpha value is -5.34. The molecule has 15 heteroatoms. The molecule has 5 atom stereocenters. The van der Waals surface area contributed by atoms with E-state index in [9.17, 15) is 32.3 Å². The summed E-state index contributed by atoms with van der Waals surface area (Å²) in [6, 6.07) is 14.1. The Morgan fingerprint density at radius 1 is 1.04 bits per heavy atom. The molecule has 2 aromatic carbocycles. The summed E-state index contributed by atoms with van der Waals surface area (Å²) in [5.41, 5.74) is -1.45. The number of alkyl carbamates (subject to hydrolysis) is 1.